The van der Waals surface area contributed by atoms with Gasteiger partial charge in [0.25, 0.3) is 0 Å². The number of allylic oxidation sites excluding steroid dienone is 1. The third kappa shape index (κ3) is 4.95. The lowest BCUT2D eigenvalue weighted by Gasteiger charge is -2.38. The summed E-state index contributed by atoms with van der Waals surface area (Å²) in [6, 6.07) is 13.2. The lowest BCUT2D eigenvalue weighted by atomic mass is 10.0. The van der Waals surface area contributed by atoms with E-state index in [9.17, 15) is 9.59 Å². The van der Waals surface area contributed by atoms with Gasteiger partial charge in [-0.05, 0) is 50.1 Å². The highest BCUT2D eigenvalue weighted by Crippen LogP contribution is 2.30. The molecule has 6 nitrogen and oxygen atoms in total. The van der Waals surface area contributed by atoms with Gasteiger partial charge in [0, 0.05) is 60.1 Å². The van der Waals surface area contributed by atoms with Crippen molar-refractivity contribution < 1.29 is 4.79 Å². The molecule has 2 heterocycles. The number of benzene rings is 2. The van der Waals surface area contributed by atoms with Crippen molar-refractivity contribution in [3.05, 3.63) is 69.6 Å². The number of para-hydroxylation sites is 2. The van der Waals surface area contributed by atoms with Crippen molar-refractivity contribution in [2.45, 2.75) is 45.7 Å². The van der Waals surface area contributed by atoms with E-state index in [0.717, 1.165) is 49.2 Å². The first kappa shape index (κ1) is 24.6. The Hall–Kier alpha value is -2.54. The first-order valence-electron chi connectivity index (χ1n) is 11.7. The molecule has 0 bridgehead atoms. The molecule has 34 heavy (non-hydrogen) atoms. The average molecular weight is 501 g/mol. The van der Waals surface area contributed by atoms with E-state index in [0.29, 0.717) is 28.7 Å². The van der Waals surface area contributed by atoms with Crippen LogP contribution in [0.25, 0.3) is 16.7 Å². The number of halogens is 2. The summed E-state index contributed by atoms with van der Waals surface area (Å²) in [6.07, 6.45) is 2.11. The molecule has 1 aromatic heterocycles. The summed E-state index contributed by atoms with van der Waals surface area (Å²) >= 11 is 12.4. The molecule has 1 aliphatic heterocycles. The highest BCUT2D eigenvalue weighted by molar-refractivity contribution is 6.35. The molecule has 180 valence electrons. The Morgan fingerprint density at radius 2 is 1.68 bits per heavy atom. The zero-order chi connectivity index (χ0) is 24.4. The summed E-state index contributed by atoms with van der Waals surface area (Å²) in [5, 5.41) is 1.04. The van der Waals surface area contributed by atoms with Crippen LogP contribution in [-0.2, 0) is 11.3 Å². The number of piperidine rings is 1. The van der Waals surface area contributed by atoms with Crippen LogP contribution in [0.4, 0.5) is 5.69 Å². The van der Waals surface area contributed by atoms with Crippen LogP contribution in [0.1, 0.15) is 33.1 Å². The number of amides is 1. The van der Waals surface area contributed by atoms with Crippen molar-refractivity contribution in [3.8, 4) is 0 Å². The second-order valence-electron chi connectivity index (χ2n) is 8.81. The Balaban J connectivity index is 1.46. The summed E-state index contributed by atoms with van der Waals surface area (Å²) in [7, 11) is 0. The summed E-state index contributed by atoms with van der Waals surface area (Å²) in [5.41, 5.74) is 3.21. The molecule has 4 rings (SSSR count). The molecule has 1 saturated heterocycles. The molecule has 0 unspecified atom stereocenters. The van der Waals surface area contributed by atoms with E-state index in [1.807, 2.05) is 47.6 Å². The van der Waals surface area contributed by atoms with Crippen LogP contribution < -0.4 is 10.6 Å². The molecule has 1 aliphatic rings. The minimum absolute atomic E-state index is 0.0545. The number of rotatable bonds is 7. The summed E-state index contributed by atoms with van der Waals surface area (Å²) in [4.78, 5) is 30.1. The van der Waals surface area contributed by atoms with E-state index in [2.05, 4.69) is 11.5 Å². The molecule has 1 amide bonds. The highest BCUT2D eigenvalue weighted by atomic mass is 35.5. The van der Waals surface area contributed by atoms with Gasteiger partial charge in [0.2, 0.25) is 5.91 Å². The molecule has 0 aliphatic carbocycles. The molecule has 2 aromatic carbocycles. The number of carbonyl (C=O) groups is 1. The standard InChI is InChI=1S/C26H30Cl2N4O2/c1-4-25(33)32(22-16-19(27)15-20(28)17-22)21-9-11-29(12-10-21)13-14-30-23-7-5-6-8-24(23)31(18(2)3)26(30)34/h5-8,15-17,21H,2,4,9-14H2,1,3H3. The molecule has 0 radical (unpaired) electrons. The van der Waals surface area contributed by atoms with Gasteiger partial charge in [-0.25, -0.2) is 4.79 Å². The van der Waals surface area contributed by atoms with Crippen LogP contribution >= 0.6 is 23.2 Å². The second kappa shape index (κ2) is 10.4. The quantitative estimate of drug-likeness (QED) is 0.429. The third-order valence-electron chi connectivity index (χ3n) is 6.48. The van der Waals surface area contributed by atoms with Crippen LogP contribution in [0.15, 0.2) is 53.8 Å². The van der Waals surface area contributed by atoms with Crippen molar-refractivity contribution in [3.63, 3.8) is 0 Å². The smallest absolute Gasteiger partial charge is 0.309 e. The van der Waals surface area contributed by atoms with Crippen LogP contribution in [-0.4, -0.2) is 45.6 Å². The van der Waals surface area contributed by atoms with E-state index in [1.165, 1.54) is 0 Å². The SMILES string of the molecule is C=C(C)n1c(=O)n(CCN2CCC(N(C(=O)CC)c3cc(Cl)cc(Cl)c3)CC2)c2ccccc21. The van der Waals surface area contributed by atoms with Crippen molar-refractivity contribution in [1.82, 2.24) is 14.0 Å². The minimum Gasteiger partial charge on any atom is -0.309 e. The molecular formula is C26H30Cl2N4O2. The zero-order valence-electron chi connectivity index (χ0n) is 19.6. The van der Waals surface area contributed by atoms with Crippen molar-refractivity contribution in [2.75, 3.05) is 24.5 Å². The number of hydrogen-bond donors (Lipinski definition) is 0. The molecule has 0 saturated carbocycles. The average Bonchev–Trinajstić information content (AvgIpc) is 3.09. The van der Waals surface area contributed by atoms with Gasteiger partial charge in [0.15, 0.2) is 0 Å². The number of anilines is 1. The molecule has 8 heteroatoms. The van der Waals surface area contributed by atoms with Gasteiger partial charge in [0.05, 0.1) is 11.0 Å². The third-order valence-corrected chi connectivity index (χ3v) is 6.91. The monoisotopic (exact) mass is 500 g/mol. The Labute approximate surface area is 210 Å². The molecular weight excluding hydrogens is 471 g/mol. The van der Waals surface area contributed by atoms with Crippen molar-refractivity contribution >= 4 is 51.5 Å². The van der Waals surface area contributed by atoms with Gasteiger partial charge in [-0.1, -0.05) is 48.8 Å². The molecule has 0 atom stereocenters. The summed E-state index contributed by atoms with van der Waals surface area (Å²) < 4.78 is 3.50. The van der Waals surface area contributed by atoms with Gasteiger partial charge in [-0.3, -0.25) is 13.9 Å². The lowest BCUT2D eigenvalue weighted by molar-refractivity contribution is -0.119. The minimum atomic E-state index is -0.0545. The van der Waals surface area contributed by atoms with Gasteiger partial charge in [-0.15, -0.1) is 0 Å². The Bertz CT molecular complexity index is 1250. The van der Waals surface area contributed by atoms with Crippen LogP contribution in [0.5, 0.6) is 0 Å². The fraction of sp³-hybridized carbons (Fsp3) is 0.385. The normalized spacial score (nSPS) is 15.1. The maximum atomic E-state index is 13.0. The molecule has 1 fully saturated rings. The number of imidazole rings is 1. The highest BCUT2D eigenvalue weighted by Gasteiger charge is 2.29. The van der Waals surface area contributed by atoms with E-state index >= 15 is 0 Å². The Morgan fingerprint density at radius 1 is 1.06 bits per heavy atom. The van der Waals surface area contributed by atoms with Crippen LogP contribution in [0.3, 0.4) is 0 Å². The van der Waals surface area contributed by atoms with Gasteiger partial charge < -0.3 is 9.80 Å². The van der Waals surface area contributed by atoms with E-state index in [1.54, 1.807) is 22.8 Å². The molecule has 0 spiro atoms. The van der Waals surface area contributed by atoms with E-state index < -0.39 is 0 Å². The van der Waals surface area contributed by atoms with Crippen LogP contribution in [0.2, 0.25) is 10.0 Å². The second-order valence-corrected chi connectivity index (χ2v) is 9.68. The fourth-order valence-electron chi connectivity index (χ4n) is 4.84. The summed E-state index contributed by atoms with van der Waals surface area (Å²) in [5.74, 6) is 0.0657. The Morgan fingerprint density at radius 3 is 2.26 bits per heavy atom. The number of carbonyl (C=O) groups excluding carboxylic acids is 1. The van der Waals surface area contributed by atoms with E-state index in [4.69, 9.17) is 23.2 Å². The largest absolute Gasteiger partial charge is 0.333 e. The number of fused-ring (bicyclic) bond motifs is 1. The number of likely N-dealkylation sites (tertiary alicyclic amines) is 1. The predicted octanol–water partition coefficient (Wildman–Crippen LogP) is 5.51. The lowest BCUT2D eigenvalue weighted by Crippen LogP contribution is -2.48. The first-order valence-corrected chi connectivity index (χ1v) is 12.4. The van der Waals surface area contributed by atoms with Gasteiger partial charge in [0.1, 0.15) is 0 Å². The van der Waals surface area contributed by atoms with E-state index in [-0.39, 0.29) is 17.6 Å². The number of aromatic nitrogens is 2. The van der Waals surface area contributed by atoms with Gasteiger partial charge in [-0.2, -0.15) is 0 Å². The van der Waals surface area contributed by atoms with Crippen molar-refractivity contribution in [2.24, 2.45) is 0 Å². The topological polar surface area (TPSA) is 50.5 Å². The number of nitrogens with zero attached hydrogens (tertiary/aromatic N) is 4. The summed E-state index contributed by atoms with van der Waals surface area (Å²) in [6.45, 7) is 10.8. The zero-order valence-corrected chi connectivity index (χ0v) is 21.1. The predicted molar refractivity (Wildman–Crippen MR) is 141 cm³/mol. The first-order chi connectivity index (χ1) is 16.3. The molecule has 3 aromatic rings. The Kier molecular flexibility index (Phi) is 7.51. The van der Waals surface area contributed by atoms with Crippen LogP contribution in [0, 0.1) is 0 Å². The maximum Gasteiger partial charge on any atom is 0.333 e. The van der Waals surface area contributed by atoms with Crippen molar-refractivity contribution in [1.29, 1.82) is 0 Å². The maximum absolute atomic E-state index is 13.0. The number of hydrogen-bond acceptors (Lipinski definition) is 3. The van der Waals surface area contributed by atoms with Gasteiger partial charge >= 0.3 is 5.69 Å². The molecule has 0 N–H and O–H groups in total. The fourth-order valence-corrected chi connectivity index (χ4v) is 5.36.